The van der Waals surface area contributed by atoms with Crippen LogP contribution in [0.15, 0.2) is 48.5 Å². The largest absolute Gasteiger partial charge is 0.481 e. The number of benzene rings is 2. The van der Waals surface area contributed by atoms with Crippen LogP contribution in [-0.2, 0) is 19.1 Å². The smallest absolute Gasteiger partial charge is 0.407 e. The van der Waals surface area contributed by atoms with Crippen molar-refractivity contribution in [3.63, 3.8) is 0 Å². The van der Waals surface area contributed by atoms with E-state index in [-0.39, 0.29) is 37.2 Å². The van der Waals surface area contributed by atoms with E-state index in [4.69, 9.17) is 14.6 Å². The second-order valence-corrected chi connectivity index (χ2v) is 9.16. The number of carboxylic acids is 1. The average Bonchev–Trinajstić information content (AvgIpc) is 3.16. The number of hydrogen-bond donors (Lipinski definition) is 3. The zero-order valence-electron chi connectivity index (χ0n) is 20.5. The van der Waals surface area contributed by atoms with Crippen molar-refractivity contribution in [1.82, 2.24) is 10.6 Å². The van der Waals surface area contributed by atoms with Crippen LogP contribution >= 0.6 is 0 Å². The molecular weight excluding hydrogens is 448 g/mol. The number of carbonyl (C=O) groups excluding carboxylic acids is 2. The van der Waals surface area contributed by atoms with Crippen molar-refractivity contribution in [3.8, 4) is 11.1 Å². The van der Waals surface area contributed by atoms with Crippen LogP contribution in [0.25, 0.3) is 11.1 Å². The molecule has 2 amide bonds. The molecule has 0 spiro atoms. The lowest BCUT2D eigenvalue weighted by Crippen LogP contribution is -2.48. The van der Waals surface area contributed by atoms with Gasteiger partial charge in [0.15, 0.2) is 0 Å². The zero-order valence-corrected chi connectivity index (χ0v) is 20.5. The number of carbonyl (C=O) groups is 3. The van der Waals surface area contributed by atoms with Crippen LogP contribution < -0.4 is 10.6 Å². The first-order chi connectivity index (χ1) is 16.8. The van der Waals surface area contributed by atoms with Gasteiger partial charge in [-0.3, -0.25) is 9.59 Å². The minimum Gasteiger partial charge on any atom is -0.481 e. The molecule has 1 aliphatic rings. The number of hydrogen-bond acceptors (Lipinski definition) is 5. The zero-order chi connectivity index (χ0) is 25.4. The van der Waals surface area contributed by atoms with E-state index < -0.39 is 24.0 Å². The highest BCUT2D eigenvalue weighted by molar-refractivity contribution is 5.86. The molecule has 0 saturated carbocycles. The van der Waals surface area contributed by atoms with E-state index in [2.05, 4.69) is 22.8 Å². The molecule has 2 atom stereocenters. The molecule has 0 saturated heterocycles. The fourth-order valence-electron chi connectivity index (χ4n) is 4.38. The lowest BCUT2D eigenvalue weighted by atomic mass is 9.96. The first-order valence-corrected chi connectivity index (χ1v) is 11.9. The van der Waals surface area contributed by atoms with E-state index in [0.29, 0.717) is 13.2 Å². The second kappa shape index (κ2) is 12.4. The standard InChI is InChI=1S/C27H34N2O6/c1-17(2)18(15-34-3)14-28-26(32)24(12-13-25(30)31)29-27(33)35-16-23-21-10-6-4-8-19(21)20-9-5-7-11-22(20)23/h4-11,17-18,23-24H,12-16H2,1-3H3,(H,28,32)(H,29,33)(H,30,31). The normalized spacial score (nSPS) is 14.1. The monoisotopic (exact) mass is 482 g/mol. The molecule has 3 rings (SSSR count). The summed E-state index contributed by atoms with van der Waals surface area (Å²) in [5.74, 6) is -1.22. The van der Waals surface area contributed by atoms with Gasteiger partial charge in [-0.1, -0.05) is 62.4 Å². The van der Waals surface area contributed by atoms with Gasteiger partial charge >= 0.3 is 12.1 Å². The Bertz CT molecular complexity index is 992. The van der Waals surface area contributed by atoms with Crippen molar-refractivity contribution in [2.24, 2.45) is 11.8 Å². The lowest BCUT2D eigenvalue weighted by Gasteiger charge is -2.23. The van der Waals surface area contributed by atoms with Gasteiger partial charge in [0.05, 0.1) is 6.61 Å². The third-order valence-electron chi connectivity index (χ3n) is 6.46. The molecule has 2 unspecified atom stereocenters. The molecule has 0 aromatic heterocycles. The van der Waals surface area contributed by atoms with Gasteiger partial charge in [-0.25, -0.2) is 4.79 Å². The highest BCUT2D eigenvalue weighted by Gasteiger charge is 2.30. The maximum absolute atomic E-state index is 12.8. The van der Waals surface area contributed by atoms with E-state index in [9.17, 15) is 14.4 Å². The summed E-state index contributed by atoms with van der Waals surface area (Å²) in [5, 5.41) is 14.5. The van der Waals surface area contributed by atoms with Crippen LogP contribution in [0, 0.1) is 11.8 Å². The highest BCUT2D eigenvalue weighted by Crippen LogP contribution is 2.44. The number of amides is 2. The van der Waals surface area contributed by atoms with Crippen LogP contribution in [-0.4, -0.2) is 56.0 Å². The summed E-state index contributed by atoms with van der Waals surface area (Å²) in [6, 6.07) is 15.0. The summed E-state index contributed by atoms with van der Waals surface area (Å²) < 4.78 is 10.7. The Morgan fingerprint density at radius 2 is 1.60 bits per heavy atom. The van der Waals surface area contributed by atoms with E-state index >= 15 is 0 Å². The number of alkyl carbamates (subject to hydrolysis) is 1. The van der Waals surface area contributed by atoms with Crippen molar-refractivity contribution in [2.45, 2.75) is 38.6 Å². The van der Waals surface area contributed by atoms with Crippen molar-refractivity contribution in [1.29, 1.82) is 0 Å². The topological polar surface area (TPSA) is 114 Å². The second-order valence-electron chi connectivity index (χ2n) is 9.16. The maximum atomic E-state index is 12.8. The number of fused-ring (bicyclic) bond motifs is 3. The van der Waals surface area contributed by atoms with Crippen molar-refractivity contribution >= 4 is 18.0 Å². The number of aliphatic carboxylic acids is 1. The average molecular weight is 483 g/mol. The molecule has 2 aromatic carbocycles. The molecule has 0 radical (unpaired) electrons. The molecule has 0 bridgehead atoms. The lowest BCUT2D eigenvalue weighted by molar-refractivity contribution is -0.137. The predicted molar refractivity (Wildman–Crippen MR) is 132 cm³/mol. The quantitative estimate of drug-likeness (QED) is 0.424. The Morgan fingerprint density at radius 1 is 1.00 bits per heavy atom. The first kappa shape index (κ1) is 26.2. The number of ether oxygens (including phenoxy) is 2. The number of rotatable bonds is 12. The Kier molecular flexibility index (Phi) is 9.25. The summed E-state index contributed by atoms with van der Waals surface area (Å²) in [7, 11) is 1.60. The SMILES string of the molecule is COCC(CNC(=O)C(CCC(=O)O)NC(=O)OCC1c2ccccc2-c2ccccc21)C(C)C. The van der Waals surface area contributed by atoms with Crippen LogP contribution in [0.3, 0.4) is 0 Å². The fraction of sp³-hybridized carbons (Fsp3) is 0.444. The van der Waals surface area contributed by atoms with Gasteiger partial charge in [-0.15, -0.1) is 0 Å². The number of nitrogens with one attached hydrogen (secondary N) is 2. The van der Waals surface area contributed by atoms with Crippen molar-refractivity contribution in [3.05, 3.63) is 59.7 Å². The maximum Gasteiger partial charge on any atom is 0.407 e. The van der Waals surface area contributed by atoms with Crippen molar-refractivity contribution < 1.29 is 29.0 Å². The molecule has 0 fully saturated rings. The minimum atomic E-state index is -1.04. The molecular formula is C27H34N2O6. The van der Waals surface area contributed by atoms with E-state index in [1.54, 1.807) is 7.11 Å². The van der Waals surface area contributed by atoms with Crippen LogP contribution in [0.5, 0.6) is 0 Å². The molecule has 8 heteroatoms. The highest BCUT2D eigenvalue weighted by atomic mass is 16.5. The molecule has 35 heavy (non-hydrogen) atoms. The van der Waals surface area contributed by atoms with Gasteiger partial charge in [-0.05, 0) is 34.6 Å². The number of carboxylic acid groups (broad SMARTS) is 1. The third kappa shape index (κ3) is 6.82. The Balaban J connectivity index is 1.62. The Labute approximate surface area is 206 Å². The molecule has 3 N–H and O–H groups in total. The van der Waals surface area contributed by atoms with Gasteiger partial charge in [0.2, 0.25) is 5.91 Å². The summed E-state index contributed by atoms with van der Waals surface area (Å²) in [5.41, 5.74) is 4.40. The Hall–Kier alpha value is -3.39. The van der Waals surface area contributed by atoms with E-state index in [0.717, 1.165) is 22.3 Å². The van der Waals surface area contributed by atoms with E-state index in [1.165, 1.54) is 0 Å². The molecule has 188 valence electrons. The van der Waals surface area contributed by atoms with Gasteiger partial charge in [0.25, 0.3) is 0 Å². The predicted octanol–water partition coefficient (Wildman–Crippen LogP) is 3.79. The van der Waals surface area contributed by atoms with Gasteiger partial charge in [0.1, 0.15) is 12.6 Å². The minimum absolute atomic E-state index is 0.0397. The van der Waals surface area contributed by atoms with Crippen molar-refractivity contribution in [2.75, 3.05) is 26.9 Å². The Morgan fingerprint density at radius 3 is 2.14 bits per heavy atom. The van der Waals surface area contributed by atoms with Gasteiger partial charge in [0, 0.05) is 31.9 Å². The van der Waals surface area contributed by atoms with Crippen LogP contribution in [0.2, 0.25) is 0 Å². The van der Waals surface area contributed by atoms with Gasteiger partial charge < -0.3 is 25.2 Å². The van der Waals surface area contributed by atoms with E-state index in [1.807, 2.05) is 50.2 Å². The third-order valence-corrected chi connectivity index (χ3v) is 6.46. The number of methoxy groups -OCH3 is 1. The molecule has 1 aliphatic carbocycles. The summed E-state index contributed by atoms with van der Waals surface area (Å²) in [4.78, 5) is 36.5. The molecule has 2 aromatic rings. The summed E-state index contributed by atoms with van der Waals surface area (Å²) >= 11 is 0. The summed E-state index contributed by atoms with van der Waals surface area (Å²) in [6.07, 6.45) is -1.05. The van der Waals surface area contributed by atoms with Crippen LogP contribution in [0.1, 0.15) is 43.7 Å². The summed E-state index contributed by atoms with van der Waals surface area (Å²) in [6.45, 7) is 5.02. The molecule has 8 nitrogen and oxygen atoms in total. The molecule has 0 heterocycles. The fourth-order valence-corrected chi connectivity index (χ4v) is 4.38. The van der Waals surface area contributed by atoms with Crippen LogP contribution in [0.4, 0.5) is 4.79 Å². The first-order valence-electron chi connectivity index (χ1n) is 11.9. The van der Waals surface area contributed by atoms with Gasteiger partial charge in [-0.2, -0.15) is 0 Å². The molecule has 0 aliphatic heterocycles.